The fraction of sp³-hybridized carbons (Fsp3) is 0.273. The Labute approximate surface area is 174 Å². The maximum Gasteiger partial charge on any atom is 0.271 e. The van der Waals surface area contributed by atoms with Crippen molar-refractivity contribution < 1.29 is 4.79 Å². The summed E-state index contributed by atoms with van der Waals surface area (Å²) in [5.41, 5.74) is 2.72. The molecule has 0 aliphatic carbocycles. The molecule has 4 rings (SSSR count). The Bertz CT molecular complexity index is 1090. The van der Waals surface area contributed by atoms with E-state index in [1.54, 1.807) is 43.7 Å². The number of rotatable bonds is 5. The average molecular weight is 404 g/mol. The van der Waals surface area contributed by atoms with Gasteiger partial charge in [0.2, 0.25) is 5.95 Å². The van der Waals surface area contributed by atoms with Gasteiger partial charge in [0, 0.05) is 49.3 Å². The van der Waals surface area contributed by atoms with Crippen molar-refractivity contribution in [2.24, 2.45) is 0 Å². The summed E-state index contributed by atoms with van der Waals surface area (Å²) >= 11 is 0. The van der Waals surface area contributed by atoms with Crippen LogP contribution in [-0.2, 0) is 0 Å². The highest BCUT2D eigenvalue weighted by Gasteiger charge is 2.14. The third-order valence-electron chi connectivity index (χ3n) is 5.18. The van der Waals surface area contributed by atoms with E-state index in [0.717, 1.165) is 18.8 Å². The summed E-state index contributed by atoms with van der Waals surface area (Å²) in [4.78, 5) is 38.4. The Balaban J connectivity index is 1.52. The number of nitrogens with zero attached hydrogens (tertiary/aromatic N) is 3. The smallest absolute Gasteiger partial charge is 0.271 e. The van der Waals surface area contributed by atoms with E-state index >= 15 is 0 Å². The van der Waals surface area contributed by atoms with Crippen LogP contribution >= 0.6 is 0 Å². The Morgan fingerprint density at radius 2 is 1.87 bits per heavy atom. The van der Waals surface area contributed by atoms with Crippen molar-refractivity contribution in [2.75, 3.05) is 35.7 Å². The van der Waals surface area contributed by atoms with Crippen LogP contribution in [0.5, 0.6) is 0 Å². The second-order valence-electron chi connectivity index (χ2n) is 7.20. The molecule has 30 heavy (non-hydrogen) atoms. The molecule has 0 radical (unpaired) electrons. The number of benzene rings is 1. The number of H-pyrrole nitrogens is 1. The van der Waals surface area contributed by atoms with Gasteiger partial charge in [0.05, 0.1) is 5.69 Å². The van der Waals surface area contributed by atoms with Crippen molar-refractivity contribution in [2.45, 2.75) is 19.3 Å². The van der Waals surface area contributed by atoms with E-state index in [2.05, 4.69) is 30.5 Å². The SMILES string of the molecule is CNc1nccc(-c2c[nH]c(=O)c(NC(=O)c3ccc(N4CCCCC4)cc3)c2)n1. The maximum absolute atomic E-state index is 12.7. The molecule has 154 valence electrons. The molecule has 8 nitrogen and oxygen atoms in total. The normalized spacial score (nSPS) is 13.7. The van der Waals surface area contributed by atoms with Crippen molar-refractivity contribution >= 4 is 23.2 Å². The number of hydrogen-bond donors (Lipinski definition) is 3. The monoisotopic (exact) mass is 404 g/mol. The number of aromatic amines is 1. The molecule has 3 heterocycles. The zero-order valence-corrected chi connectivity index (χ0v) is 16.8. The molecule has 0 bridgehead atoms. The molecule has 1 fully saturated rings. The van der Waals surface area contributed by atoms with Gasteiger partial charge in [-0.2, -0.15) is 0 Å². The van der Waals surface area contributed by atoms with Crippen molar-refractivity contribution in [1.29, 1.82) is 0 Å². The van der Waals surface area contributed by atoms with Crippen LogP contribution in [0.25, 0.3) is 11.3 Å². The van der Waals surface area contributed by atoms with Crippen LogP contribution in [-0.4, -0.2) is 41.0 Å². The summed E-state index contributed by atoms with van der Waals surface area (Å²) in [7, 11) is 1.73. The van der Waals surface area contributed by atoms with Gasteiger partial charge in [-0.15, -0.1) is 0 Å². The van der Waals surface area contributed by atoms with E-state index in [4.69, 9.17) is 0 Å². The van der Waals surface area contributed by atoms with Crippen LogP contribution in [0.4, 0.5) is 17.3 Å². The minimum Gasteiger partial charge on any atom is -0.372 e. The number of amides is 1. The van der Waals surface area contributed by atoms with E-state index in [0.29, 0.717) is 22.8 Å². The van der Waals surface area contributed by atoms with Crippen LogP contribution in [0.2, 0.25) is 0 Å². The highest BCUT2D eigenvalue weighted by molar-refractivity contribution is 6.04. The van der Waals surface area contributed by atoms with E-state index in [9.17, 15) is 9.59 Å². The maximum atomic E-state index is 12.7. The number of carbonyl (C=O) groups is 1. The van der Waals surface area contributed by atoms with Gasteiger partial charge in [0.25, 0.3) is 11.5 Å². The van der Waals surface area contributed by atoms with E-state index in [-0.39, 0.29) is 17.2 Å². The first kappa shape index (κ1) is 19.6. The van der Waals surface area contributed by atoms with Crippen LogP contribution in [0.15, 0.2) is 53.6 Å². The Morgan fingerprint density at radius 3 is 2.60 bits per heavy atom. The lowest BCUT2D eigenvalue weighted by Gasteiger charge is -2.28. The second kappa shape index (κ2) is 8.77. The van der Waals surface area contributed by atoms with Crippen LogP contribution in [0.1, 0.15) is 29.6 Å². The first-order chi connectivity index (χ1) is 14.6. The summed E-state index contributed by atoms with van der Waals surface area (Å²) in [6.45, 7) is 2.10. The molecule has 3 aromatic rings. The molecule has 1 saturated heterocycles. The summed E-state index contributed by atoms with van der Waals surface area (Å²) in [6, 6.07) is 10.9. The molecule has 8 heteroatoms. The highest BCUT2D eigenvalue weighted by Crippen LogP contribution is 2.21. The minimum absolute atomic E-state index is 0.169. The molecule has 0 atom stereocenters. The number of carbonyl (C=O) groups excluding carboxylic acids is 1. The fourth-order valence-electron chi connectivity index (χ4n) is 3.53. The predicted octanol–water partition coefficient (Wildman–Crippen LogP) is 3.12. The first-order valence-corrected chi connectivity index (χ1v) is 10.0. The molecule has 0 saturated carbocycles. The molecule has 0 spiro atoms. The number of pyridine rings is 1. The van der Waals surface area contributed by atoms with Gasteiger partial charge in [-0.25, -0.2) is 9.97 Å². The van der Waals surface area contributed by atoms with Crippen molar-refractivity contribution in [3.63, 3.8) is 0 Å². The number of hydrogen-bond acceptors (Lipinski definition) is 6. The lowest BCUT2D eigenvalue weighted by atomic mass is 10.1. The van der Waals surface area contributed by atoms with Gasteiger partial charge in [-0.1, -0.05) is 0 Å². The lowest BCUT2D eigenvalue weighted by molar-refractivity contribution is 0.102. The molecule has 2 aromatic heterocycles. The van der Waals surface area contributed by atoms with Crippen molar-refractivity contribution in [3.05, 3.63) is 64.7 Å². The van der Waals surface area contributed by atoms with Crippen molar-refractivity contribution in [1.82, 2.24) is 15.0 Å². The summed E-state index contributed by atoms with van der Waals surface area (Å²) in [6.07, 6.45) is 6.86. The highest BCUT2D eigenvalue weighted by atomic mass is 16.2. The summed E-state index contributed by atoms with van der Waals surface area (Å²) in [5.74, 6) is 0.138. The molecule has 1 aliphatic heterocycles. The Morgan fingerprint density at radius 1 is 1.10 bits per heavy atom. The van der Waals surface area contributed by atoms with Crippen LogP contribution in [0.3, 0.4) is 0 Å². The van der Waals surface area contributed by atoms with E-state index < -0.39 is 0 Å². The number of nitrogens with one attached hydrogen (secondary N) is 3. The standard InChI is InChI=1S/C22H24N6O2/c1-23-22-24-10-9-18(27-22)16-13-19(21(30)25-14-16)26-20(29)15-5-7-17(8-6-15)28-11-3-2-4-12-28/h5-10,13-14H,2-4,11-12H2,1H3,(H,25,30)(H,26,29)(H,23,24,27). The third kappa shape index (κ3) is 4.32. The van der Waals surface area contributed by atoms with Crippen molar-refractivity contribution in [3.8, 4) is 11.3 Å². The largest absolute Gasteiger partial charge is 0.372 e. The first-order valence-electron chi connectivity index (χ1n) is 10.0. The van der Waals surface area contributed by atoms with E-state index in [1.807, 2.05) is 12.1 Å². The van der Waals surface area contributed by atoms with Gasteiger partial charge in [0.1, 0.15) is 5.69 Å². The summed E-state index contributed by atoms with van der Waals surface area (Å²) in [5, 5.41) is 5.59. The number of piperidine rings is 1. The van der Waals surface area contributed by atoms with Gasteiger partial charge in [-0.05, 0) is 55.7 Å². The molecular formula is C22H24N6O2. The summed E-state index contributed by atoms with van der Waals surface area (Å²) < 4.78 is 0. The second-order valence-corrected chi connectivity index (χ2v) is 7.20. The van der Waals surface area contributed by atoms with Gasteiger partial charge < -0.3 is 20.5 Å². The third-order valence-corrected chi connectivity index (χ3v) is 5.18. The van der Waals surface area contributed by atoms with Gasteiger partial charge in [-0.3, -0.25) is 9.59 Å². The van der Waals surface area contributed by atoms with Gasteiger partial charge >= 0.3 is 0 Å². The Kier molecular flexibility index (Phi) is 5.74. The predicted molar refractivity (Wildman–Crippen MR) is 118 cm³/mol. The molecule has 1 aromatic carbocycles. The fourth-order valence-corrected chi connectivity index (χ4v) is 3.53. The zero-order chi connectivity index (χ0) is 20.9. The molecule has 3 N–H and O–H groups in total. The average Bonchev–Trinajstić information content (AvgIpc) is 2.81. The quantitative estimate of drug-likeness (QED) is 0.604. The molecular weight excluding hydrogens is 380 g/mol. The number of aromatic nitrogens is 3. The van der Waals surface area contributed by atoms with E-state index in [1.165, 1.54) is 19.3 Å². The van der Waals surface area contributed by atoms with Crippen LogP contribution < -0.4 is 21.1 Å². The zero-order valence-electron chi connectivity index (χ0n) is 16.8. The Hall–Kier alpha value is -3.68. The van der Waals surface area contributed by atoms with Gasteiger partial charge in [0.15, 0.2) is 0 Å². The lowest BCUT2D eigenvalue weighted by Crippen LogP contribution is -2.29. The van der Waals surface area contributed by atoms with Crippen LogP contribution in [0, 0.1) is 0 Å². The molecule has 1 aliphatic rings. The molecule has 0 unspecified atom stereocenters. The topological polar surface area (TPSA) is 103 Å². The minimum atomic E-state index is -0.375. The molecule has 1 amide bonds. The number of anilines is 3.